The Hall–Kier alpha value is -2.85. The van der Waals surface area contributed by atoms with Crippen molar-refractivity contribution in [2.24, 2.45) is 0 Å². The van der Waals surface area contributed by atoms with Crippen molar-refractivity contribution in [2.45, 2.75) is 11.1 Å². The fourth-order valence-corrected chi connectivity index (χ4v) is 2.74. The fourth-order valence-electron chi connectivity index (χ4n) is 1.74. The summed E-state index contributed by atoms with van der Waals surface area (Å²) in [5.41, 5.74) is -0.249. The Labute approximate surface area is 130 Å². The van der Waals surface area contributed by atoms with Gasteiger partial charge in [-0.05, 0) is 24.3 Å². The SMILES string of the molecule is O=[N+]([O-])c1ccc(S(=O)(=O)OC(c2ccccc2)[N+](=O)[O-])cc1. The third-order valence-electron chi connectivity index (χ3n) is 2.83. The third kappa shape index (κ3) is 3.87. The maximum atomic E-state index is 12.1. The summed E-state index contributed by atoms with van der Waals surface area (Å²) in [6.45, 7) is 0. The first-order valence-electron chi connectivity index (χ1n) is 6.17. The van der Waals surface area contributed by atoms with E-state index in [-0.39, 0.29) is 11.3 Å². The van der Waals surface area contributed by atoms with E-state index in [1.165, 1.54) is 24.3 Å². The van der Waals surface area contributed by atoms with Gasteiger partial charge in [-0.2, -0.15) is 12.6 Å². The standard InChI is InChI=1S/C13H10N2O7S/c16-14(17)11-6-8-12(9-7-11)23(20,21)22-13(15(18)19)10-4-2-1-3-5-10/h1-9,13H. The number of rotatable bonds is 6. The van der Waals surface area contributed by atoms with Crippen molar-refractivity contribution in [3.05, 3.63) is 80.4 Å². The van der Waals surface area contributed by atoms with E-state index in [0.29, 0.717) is 0 Å². The van der Waals surface area contributed by atoms with Gasteiger partial charge in [-0.1, -0.05) is 18.2 Å². The molecule has 2 aromatic carbocycles. The van der Waals surface area contributed by atoms with Crippen LogP contribution in [-0.2, 0) is 14.3 Å². The molecule has 0 heterocycles. The van der Waals surface area contributed by atoms with Gasteiger partial charge in [0.1, 0.15) is 0 Å². The van der Waals surface area contributed by atoms with E-state index >= 15 is 0 Å². The van der Waals surface area contributed by atoms with Crippen molar-refractivity contribution in [3.63, 3.8) is 0 Å². The molecule has 120 valence electrons. The molecule has 10 heteroatoms. The molecule has 0 aliphatic rings. The second-order valence-corrected chi connectivity index (χ2v) is 5.92. The summed E-state index contributed by atoms with van der Waals surface area (Å²) in [5.74, 6) is 0. The first-order valence-corrected chi connectivity index (χ1v) is 7.58. The number of nitro benzene ring substituents is 1. The minimum Gasteiger partial charge on any atom is -0.261 e. The summed E-state index contributed by atoms with van der Waals surface area (Å²) >= 11 is 0. The Morgan fingerprint density at radius 2 is 1.48 bits per heavy atom. The smallest absolute Gasteiger partial charge is 0.261 e. The van der Waals surface area contributed by atoms with Crippen molar-refractivity contribution >= 4 is 15.8 Å². The van der Waals surface area contributed by atoms with Gasteiger partial charge in [0, 0.05) is 12.1 Å². The highest BCUT2D eigenvalue weighted by molar-refractivity contribution is 7.86. The molecule has 0 saturated heterocycles. The molecule has 0 aliphatic carbocycles. The summed E-state index contributed by atoms with van der Waals surface area (Å²) in [5, 5.41) is 21.6. The average molecular weight is 338 g/mol. The van der Waals surface area contributed by atoms with Crippen LogP contribution in [0.1, 0.15) is 11.8 Å². The van der Waals surface area contributed by atoms with Gasteiger partial charge in [0.2, 0.25) is 0 Å². The predicted molar refractivity (Wildman–Crippen MR) is 77.5 cm³/mol. The first kappa shape index (κ1) is 16.5. The van der Waals surface area contributed by atoms with Crippen LogP contribution >= 0.6 is 0 Å². The summed E-state index contributed by atoms with van der Waals surface area (Å²) < 4.78 is 28.9. The highest BCUT2D eigenvalue weighted by atomic mass is 32.2. The first-order chi connectivity index (χ1) is 10.8. The molecule has 1 unspecified atom stereocenters. The van der Waals surface area contributed by atoms with Crippen LogP contribution in [0.2, 0.25) is 0 Å². The quantitative estimate of drug-likeness (QED) is 0.342. The van der Waals surface area contributed by atoms with Gasteiger partial charge in [0.25, 0.3) is 5.69 Å². The second kappa shape index (κ2) is 6.50. The van der Waals surface area contributed by atoms with E-state index < -0.39 is 31.1 Å². The molecule has 0 radical (unpaired) electrons. The highest BCUT2D eigenvalue weighted by Crippen LogP contribution is 2.25. The van der Waals surface area contributed by atoms with Crippen LogP contribution in [0, 0.1) is 20.2 Å². The molecule has 0 amide bonds. The maximum absolute atomic E-state index is 12.1. The molecule has 9 nitrogen and oxygen atoms in total. The van der Waals surface area contributed by atoms with Gasteiger partial charge in [-0.25, -0.2) is 0 Å². The van der Waals surface area contributed by atoms with Crippen LogP contribution < -0.4 is 0 Å². The molecule has 0 aliphatic heterocycles. The van der Waals surface area contributed by atoms with E-state index in [2.05, 4.69) is 4.18 Å². The molecule has 0 bridgehead atoms. The van der Waals surface area contributed by atoms with Gasteiger partial charge in [-0.3, -0.25) is 20.2 Å². The largest absolute Gasteiger partial charge is 0.356 e. The number of nitrogens with zero attached hydrogens (tertiary/aromatic N) is 2. The van der Waals surface area contributed by atoms with Gasteiger partial charge in [0.15, 0.2) is 0 Å². The monoisotopic (exact) mass is 338 g/mol. The summed E-state index contributed by atoms with van der Waals surface area (Å²) in [6, 6.07) is 11.2. The Balaban J connectivity index is 2.31. The van der Waals surface area contributed by atoms with E-state index in [0.717, 1.165) is 24.3 Å². The van der Waals surface area contributed by atoms with Crippen molar-refractivity contribution < 1.29 is 22.4 Å². The molecule has 0 spiro atoms. The Bertz CT molecular complexity index is 819. The van der Waals surface area contributed by atoms with Crippen LogP contribution in [0.5, 0.6) is 0 Å². The molecule has 0 aromatic heterocycles. The maximum Gasteiger partial charge on any atom is 0.356 e. The van der Waals surface area contributed by atoms with Crippen LogP contribution in [0.4, 0.5) is 5.69 Å². The van der Waals surface area contributed by atoms with Crippen molar-refractivity contribution in [1.82, 2.24) is 0 Å². The van der Waals surface area contributed by atoms with E-state index in [4.69, 9.17) is 0 Å². The van der Waals surface area contributed by atoms with Crippen LogP contribution in [0.15, 0.2) is 59.5 Å². The van der Waals surface area contributed by atoms with E-state index in [1.54, 1.807) is 6.07 Å². The Morgan fingerprint density at radius 3 is 1.96 bits per heavy atom. The molecule has 2 aromatic rings. The minimum absolute atomic E-state index is 0.0583. The summed E-state index contributed by atoms with van der Waals surface area (Å²) in [4.78, 5) is 19.6. The molecule has 0 fully saturated rings. The lowest BCUT2D eigenvalue weighted by Gasteiger charge is -2.10. The summed E-state index contributed by atoms with van der Waals surface area (Å²) in [6.07, 6.45) is -1.91. The second-order valence-electron chi connectivity index (χ2n) is 4.35. The molecule has 0 saturated carbocycles. The third-order valence-corrected chi connectivity index (χ3v) is 4.12. The van der Waals surface area contributed by atoms with Crippen molar-refractivity contribution in [1.29, 1.82) is 0 Å². The number of hydrogen-bond acceptors (Lipinski definition) is 7. The lowest BCUT2D eigenvalue weighted by molar-refractivity contribution is -0.570. The van der Waals surface area contributed by atoms with Gasteiger partial charge in [-0.15, -0.1) is 0 Å². The Morgan fingerprint density at radius 1 is 0.913 bits per heavy atom. The number of hydrogen-bond donors (Lipinski definition) is 0. The zero-order valence-electron chi connectivity index (χ0n) is 11.4. The molecule has 0 N–H and O–H groups in total. The normalized spacial score (nSPS) is 12.5. The summed E-state index contributed by atoms with van der Waals surface area (Å²) in [7, 11) is -4.46. The van der Waals surface area contributed by atoms with Gasteiger partial charge < -0.3 is 0 Å². The topological polar surface area (TPSA) is 130 Å². The van der Waals surface area contributed by atoms with Gasteiger partial charge in [0.05, 0.1) is 20.3 Å². The van der Waals surface area contributed by atoms with E-state index in [1.807, 2.05) is 0 Å². The lowest BCUT2D eigenvalue weighted by Crippen LogP contribution is -2.19. The number of non-ortho nitro benzene ring substituents is 1. The molecular weight excluding hydrogens is 328 g/mol. The van der Waals surface area contributed by atoms with Crippen molar-refractivity contribution in [3.8, 4) is 0 Å². The minimum atomic E-state index is -4.46. The van der Waals surface area contributed by atoms with Crippen LogP contribution in [0.3, 0.4) is 0 Å². The zero-order chi connectivity index (χ0) is 17.0. The van der Waals surface area contributed by atoms with Crippen molar-refractivity contribution in [2.75, 3.05) is 0 Å². The Kier molecular flexibility index (Phi) is 4.67. The molecule has 23 heavy (non-hydrogen) atoms. The lowest BCUT2D eigenvalue weighted by atomic mass is 10.2. The highest BCUT2D eigenvalue weighted by Gasteiger charge is 2.31. The number of nitro groups is 2. The predicted octanol–water partition coefficient (Wildman–Crippen LogP) is 2.28. The van der Waals surface area contributed by atoms with Gasteiger partial charge >= 0.3 is 16.3 Å². The molecular formula is C13H10N2O7S. The number of benzene rings is 2. The van der Waals surface area contributed by atoms with E-state index in [9.17, 15) is 28.6 Å². The fraction of sp³-hybridized carbons (Fsp3) is 0.0769. The van der Waals surface area contributed by atoms with Crippen LogP contribution in [0.25, 0.3) is 0 Å². The van der Waals surface area contributed by atoms with Crippen LogP contribution in [-0.4, -0.2) is 18.3 Å². The molecule has 2 rings (SSSR count). The average Bonchev–Trinajstić information content (AvgIpc) is 2.53. The molecule has 1 atom stereocenters. The zero-order valence-corrected chi connectivity index (χ0v) is 12.3.